The van der Waals surface area contributed by atoms with Crippen LogP contribution in [0.15, 0.2) is 25.0 Å². The lowest BCUT2D eigenvalue weighted by molar-refractivity contribution is 0.197. The van der Waals surface area contributed by atoms with Gasteiger partial charge in [0.25, 0.3) is 0 Å². The minimum absolute atomic E-state index is 0.773. The molecule has 1 N–H and O–H groups in total. The van der Waals surface area contributed by atoms with Crippen LogP contribution < -0.4 is 5.32 Å². The van der Waals surface area contributed by atoms with Gasteiger partial charge in [0.1, 0.15) is 0 Å². The SMILES string of the molecule is C=CCn1ccnc1NCCCOC. The second-order valence-electron chi connectivity index (χ2n) is 2.97. The molecule has 0 aromatic carbocycles. The second-order valence-corrected chi connectivity index (χ2v) is 2.97. The normalized spacial score (nSPS) is 10.1. The number of nitrogens with zero attached hydrogens (tertiary/aromatic N) is 2. The van der Waals surface area contributed by atoms with Gasteiger partial charge in [-0.15, -0.1) is 6.58 Å². The minimum atomic E-state index is 0.773. The molecule has 1 rings (SSSR count). The summed E-state index contributed by atoms with van der Waals surface area (Å²) in [6.07, 6.45) is 6.54. The summed E-state index contributed by atoms with van der Waals surface area (Å²) in [4.78, 5) is 4.20. The highest BCUT2D eigenvalue weighted by Crippen LogP contribution is 2.03. The van der Waals surface area contributed by atoms with Crippen LogP contribution in [0.3, 0.4) is 0 Å². The third-order valence-corrected chi connectivity index (χ3v) is 1.85. The van der Waals surface area contributed by atoms with E-state index >= 15 is 0 Å². The first-order valence-corrected chi connectivity index (χ1v) is 4.73. The van der Waals surface area contributed by atoms with Gasteiger partial charge >= 0.3 is 0 Å². The van der Waals surface area contributed by atoms with E-state index in [9.17, 15) is 0 Å². The maximum atomic E-state index is 4.96. The fourth-order valence-corrected chi connectivity index (χ4v) is 1.18. The number of methoxy groups -OCH3 is 1. The van der Waals surface area contributed by atoms with Gasteiger partial charge in [-0.2, -0.15) is 0 Å². The number of anilines is 1. The molecule has 0 unspecified atom stereocenters. The summed E-state index contributed by atoms with van der Waals surface area (Å²) in [6.45, 7) is 6.12. The summed E-state index contributed by atoms with van der Waals surface area (Å²) in [5.74, 6) is 0.890. The molecule has 0 aliphatic carbocycles. The van der Waals surface area contributed by atoms with Gasteiger partial charge < -0.3 is 14.6 Å². The fraction of sp³-hybridized carbons (Fsp3) is 0.500. The zero-order chi connectivity index (χ0) is 10.2. The van der Waals surface area contributed by atoms with Crippen molar-refractivity contribution in [2.75, 3.05) is 25.6 Å². The number of imidazole rings is 1. The van der Waals surface area contributed by atoms with E-state index in [2.05, 4.69) is 16.9 Å². The molecule has 0 fully saturated rings. The molecule has 0 saturated carbocycles. The maximum absolute atomic E-state index is 4.96. The van der Waals surface area contributed by atoms with Crippen LogP contribution in [0.5, 0.6) is 0 Å². The van der Waals surface area contributed by atoms with Crippen molar-refractivity contribution < 1.29 is 4.74 Å². The summed E-state index contributed by atoms with van der Waals surface area (Å²) >= 11 is 0. The van der Waals surface area contributed by atoms with E-state index < -0.39 is 0 Å². The summed E-state index contributed by atoms with van der Waals surface area (Å²) in [7, 11) is 1.71. The van der Waals surface area contributed by atoms with Crippen molar-refractivity contribution in [3.63, 3.8) is 0 Å². The van der Waals surface area contributed by atoms with Crippen LogP contribution in [0.2, 0.25) is 0 Å². The van der Waals surface area contributed by atoms with E-state index in [0.29, 0.717) is 0 Å². The van der Waals surface area contributed by atoms with Crippen molar-refractivity contribution in [3.8, 4) is 0 Å². The van der Waals surface area contributed by atoms with Gasteiger partial charge in [-0.3, -0.25) is 0 Å². The zero-order valence-electron chi connectivity index (χ0n) is 8.57. The first-order valence-electron chi connectivity index (χ1n) is 4.73. The van der Waals surface area contributed by atoms with Gasteiger partial charge in [0.2, 0.25) is 5.95 Å². The summed E-state index contributed by atoms with van der Waals surface area (Å²) in [6, 6.07) is 0. The highest BCUT2D eigenvalue weighted by molar-refractivity contribution is 5.25. The summed E-state index contributed by atoms with van der Waals surface area (Å²) in [5.41, 5.74) is 0. The van der Waals surface area contributed by atoms with Crippen molar-refractivity contribution in [3.05, 3.63) is 25.0 Å². The van der Waals surface area contributed by atoms with Crippen LogP contribution in [-0.4, -0.2) is 29.8 Å². The van der Waals surface area contributed by atoms with E-state index in [0.717, 1.165) is 32.1 Å². The van der Waals surface area contributed by atoms with Gasteiger partial charge in [0.05, 0.1) is 0 Å². The van der Waals surface area contributed by atoms with Crippen LogP contribution in [0, 0.1) is 0 Å². The van der Waals surface area contributed by atoms with Crippen molar-refractivity contribution >= 4 is 5.95 Å². The molecule has 0 atom stereocenters. The Balaban J connectivity index is 2.33. The number of nitrogens with one attached hydrogen (secondary N) is 1. The summed E-state index contributed by atoms with van der Waals surface area (Å²) in [5, 5.41) is 3.24. The molecule has 0 saturated heterocycles. The lowest BCUT2D eigenvalue weighted by Crippen LogP contribution is -2.09. The van der Waals surface area contributed by atoms with E-state index in [1.165, 1.54) is 0 Å². The van der Waals surface area contributed by atoms with E-state index in [4.69, 9.17) is 4.74 Å². The number of hydrogen-bond donors (Lipinski definition) is 1. The molecule has 4 nitrogen and oxygen atoms in total. The second kappa shape index (κ2) is 6.21. The molecule has 1 heterocycles. The monoisotopic (exact) mass is 195 g/mol. The van der Waals surface area contributed by atoms with Gasteiger partial charge in [0.15, 0.2) is 0 Å². The van der Waals surface area contributed by atoms with E-state index in [-0.39, 0.29) is 0 Å². The Hall–Kier alpha value is -1.29. The predicted octanol–water partition coefficient (Wildman–Crippen LogP) is 1.52. The third-order valence-electron chi connectivity index (χ3n) is 1.85. The third kappa shape index (κ3) is 3.22. The molecule has 14 heavy (non-hydrogen) atoms. The van der Waals surface area contributed by atoms with Crippen molar-refractivity contribution in [2.24, 2.45) is 0 Å². The molecular weight excluding hydrogens is 178 g/mol. The highest BCUT2D eigenvalue weighted by Gasteiger charge is 1.98. The number of aromatic nitrogens is 2. The number of ether oxygens (including phenoxy) is 1. The van der Waals surface area contributed by atoms with Crippen LogP contribution in [0.1, 0.15) is 6.42 Å². The maximum Gasteiger partial charge on any atom is 0.203 e. The standard InChI is InChI=1S/C10H17N3O/c1-3-7-13-8-6-12-10(13)11-5-4-9-14-2/h3,6,8H,1,4-5,7,9H2,2H3,(H,11,12). The van der Waals surface area contributed by atoms with Crippen molar-refractivity contribution in [1.29, 1.82) is 0 Å². The van der Waals surface area contributed by atoms with Crippen LogP contribution >= 0.6 is 0 Å². The number of allylic oxidation sites excluding steroid dienone is 1. The van der Waals surface area contributed by atoms with Gasteiger partial charge in [0, 0.05) is 39.2 Å². The molecule has 0 amide bonds. The number of rotatable bonds is 7. The number of hydrogen-bond acceptors (Lipinski definition) is 3. The molecular formula is C10H17N3O. The smallest absolute Gasteiger partial charge is 0.203 e. The van der Waals surface area contributed by atoms with Crippen LogP contribution in [-0.2, 0) is 11.3 Å². The molecule has 4 heteroatoms. The Bertz CT molecular complexity index is 270. The Labute approximate surface area is 84.6 Å². The van der Waals surface area contributed by atoms with Gasteiger partial charge in [-0.25, -0.2) is 4.98 Å². The summed E-state index contributed by atoms with van der Waals surface area (Å²) < 4.78 is 6.97. The molecule has 0 radical (unpaired) electrons. The molecule has 0 spiro atoms. The lowest BCUT2D eigenvalue weighted by Gasteiger charge is -2.07. The van der Waals surface area contributed by atoms with Crippen LogP contribution in [0.25, 0.3) is 0 Å². The first kappa shape index (κ1) is 10.8. The minimum Gasteiger partial charge on any atom is -0.385 e. The molecule has 0 bridgehead atoms. The van der Waals surface area contributed by atoms with E-state index in [1.54, 1.807) is 13.3 Å². The molecule has 0 aliphatic heterocycles. The molecule has 0 aliphatic rings. The highest BCUT2D eigenvalue weighted by atomic mass is 16.5. The molecule has 78 valence electrons. The topological polar surface area (TPSA) is 39.1 Å². The van der Waals surface area contributed by atoms with Crippen LogP contribution in [0.4, 0.5) is 5.95 Å². The molecule has 1 aromatic heterocycles. The van der Waals surface area contributed by atoms with Crippen molar-refractivity contribution in [2.45, 2.75) is 13.0 Å². The molecule has 1 aromatic rings. The average Bonchev–Trinajstić information content (AvgIpc) is 2.61. The Kier molecular flexibility index (Phi) is 4.78. The van der Waals surface area contributed by atoms with Gasteiger partial charge in [-0.1, -0.05) is 6.08 Å². The predicted molar refractivity (Wildman–Crippen MR) is 57.4 cm³/mol. The average molecular weight is 195 g/mol. The Morgan fingerprint density at radius 2 is 2.57 bits per heavy atom. The quantitative estimate of drug-likeness (QED) is 0.529. The Morgan fingerprint density at radius 3 is 3.29 bits per heavy atom. The van der Waals surface area contributed by atoms with E-state index in [1.807, 2.05) is 16.8 Å². The van der Waals surface area contributed by atoms with Crippen molar-refractivity contribution in [1.82, 2.24) is 9.55 Å². The Morgan fingerprint density at radius 1 is 1.71 bits per heavy atom. The largest absolute Gasteiger partial charge is 0.385 e. The fourth-order valence-electron chi connectivity index (χ4n) is 1.18. The lowest BCUT2D eigenvalue weighted by atomic mass is 10.4. The van der Waals surface area contributed by atoms with Gasteiger partial charge in [-0.05, 0) is 6.42 Å². The zero-order valence-corrected chi connectivity index (χ0v) is 8.57. The first-order chi connectivity index (χ1) is 6.88.